The van der Waals surface area contributed by atoms with E-state index in [1.54, 1.807) is 26.0 Å². The van der Waals surface area contributed by atoms with E-state index >= 15 is 0 Å². The number of carbonyl (C=O) groups is 6. The average molecular weight is 607 g/mol. The SMILES string of the molecule is CC(C)C[C@H](NC(=O)CCC(=O)O)C(=O)N[C@@H](CC(C)C)C(=O)N[C@H](C(=O)N[C@@H](Cc1ccc(O)cc1)C(=O)O)C(C)C. The first-order chi connectivity index (χ1) is 20.0. The summed E-state index contributed by atoms with van der Waals surface area (Å²) in [5, 5.41) is 38.4. The van der Waals surface area contributed by atoms with E-state index < -0.39 is 72.1 Å². The van der Waals surface area contributed by atoms with Crippen molar-refractivity contribution < 1.29 is 44.1 Å². The number of aromatic hydroxyl groups is 1. The number of hydrogen-bond donors (Lipinski definition) is 7. The van der Waals surface area contributed by atoms with Gasteiger partial charge in [-0.2, -0.15) is 0 Å². The number of carboxylic acid groups (broad SMARTS) is 2. The Labute approximate surface area is 252 Å². The largest absolute Gasteiger partial charge is 0.508 e. The molecule has 43 heavy (non-hydrogen) atoms. The van der Waals surface area contributed by atoms with Crippen molar-refractivity contribution in [3.8, 4) is 5.75 Å². The van der Waals surface area contributed by atoms with Crippen molar-refractivity contribution >= 4 is 35.6 Å². The van der Waals surface area contributed by atoms with Gasteiger partial charge in [-0.3, -0.25) is 24.0 Å². The highest BCUT2D eigenvalue weighted by Crippen LogP contribution is 2.13. The first-order valence-electron chi connectivity index (χ1n) is 14.4. The van der Waals surface area contributed by atoms with Crippen molar-refractivity contribution in [3.05, 3.63) is 29.8 Å². The Bertz CT molecular complexity index is 1120. The van der Waals surface area contributed by atoms with Gasteiger partial charge in [-0.05, 0) is 48.3 Å². The van der Waals surface area contributed by atoms with Crippen LogP contribution in [0, 0.1) is 17.8 Å². The number of rotatable bonds is 18. The van der Waals surface area contributed by atoms with E-state index in [0.717, 1.165) is 0 Å². The van der Waals surface area contributed by atoms with E-state index in [1.165, 1.54) is 12.1 Å². The fourth-order valence-corrected chi connectivity index (χ4v) is 4.28. The molecule has 4 atom stereocenters. The van der Waals surface area contributed by atoms with Crippen LogP contribution in [-0.2, 0) is 35.2 Å². The van der Waals surface area contributed by atoms with Gasteiger partial charge < -0.3 is 36.6 Å². The quantitative estimate of drug-likeness (QED) is 0.129. The van der Waals surface area contributed by atoms with E-state index in [1.807, 2.05) is 27.7 Å². The number of carbonyl (C=O) groups excluding carboxylic acids is 4. The molecular formula is C30H46N4O9. The van der Waals surface area contributed by atoms with Crippen LogP contribution in [0.5, 0.6) is 5.75 Å². The molecule has 0 heterocycles. The van der Waals surface area contributed by atoms with E-state index in [2.05, 4.69) is 21.3 Å². The molecule has 0 aliphatic heterocycles. The van der Waals surface area contributed by atoms with Crippen LogP contribution in [0.25, 0.3) is 0 Å². The van der Waals surface area contributed by atoms with Crippen LogP contribution in [-0.4, -0.2) is 75.1 Å². The van der Waals surface area contributed by atoms with Crippen LogP contribution in [0.3, 0.4) is 0 Å². The maximum atomic E-state index is 13.4. The summed E-state index contributed by atoms with van der Waals surface area (Å²) in [5.74, 6) is -5.49. The third-order valence-electron chi connectivity index (χ3n) is 6.50. The topological polar surface area (TPSA) is 211 Å². The van der Waals surface area contributed by atoms with E-state index in [0.29, 0.717) is 5.56 Å². The minimum atomic E-state index is -1.30. The molecule has 0 unspecified atom stereocenters. The van der Waals surface area contributed by atoms with E-state index in [-0.39, 0.29) is 43.3 Å². The first kappa shape index (κ1) is 36.9. The summed E-state index contributed by atoms with van der Waals surface area (Å²) in [4.78, 5) is 74.9. The van der Waals surface area contributed by atoms with Gasteiger partial charge >= 0.3 is 11.9 Å². The van der Waals surface area contributed by atoms with Gasteiger partial charge in [-0.25, -0.2) is 4.79 Å². The van der Waals surface area contributed by atoms with Crippen molar-refractivity contribution in [2.24, 2.45) is 17.8 Å². The Morgan fingerprint density at radius 2 is 1.14 bits per heavy atom. The lowest BCUT2D eigenvalue weighted by atomic mass is 9.98. The van der Waals surface area contributed by atoms with Gasteiger partial charge in [-0.15, -0.1) is 0 Å². The number of hydrogen-bond acceptors (Lipinski definition) is 7. The summed E-state index contributed by atoms with van der Waals surface area (Å²) in [6.45, 7) is 10.8. The molecule has 1 rings (SSSR count). The summed E-state index contributed by atoms with van der Waals surface area (Å²) < 4.78 is 0. The Morgan fingerprint density at radius 3 is 1.60 bits per heavy atom. The Kier molecular flexibility index (Phi) is 15.2. The first-order valence-corrected chi connectivity index (χ1v) is 14.4. The minimum Gasteiger partial charge on any atom is -0.508 e. The lowest BCUT2D eigenvalue weighted by Crippen LogP contribution is -2.59. The zero-order valence-electron chi connectivity index (χ0n) is 25.7. The highest BCUT2D eigenvalue weighted by atomic mass is 16.4. The van der Waals surface area contributed by atoms with E-state index in [4.69, 9.17) is 5.11 Å². The third kappa shape index (κ3) is 14.0. The Morgan fingerprint density at radius 1 is 0.651 bits per heavy atom. The summed E-state index contributed by atoms with van der Waals surface area (Å²) in [6.07, 6.45) is -0.292. The fourth-order valence-electron chi connectivity index (χ4n) is 4.28. The number of phenols is 1. The second-order valence-electron chi connectivity index (χ2n) is 11.8. The molecule has 13 heteroatoms. The lowest BCUT2D eigenvalue weighted by Gasteiger charge is -2.28. The molecule has 0 radical (unpaired) electrons. The van der Waals surface area contributed by atoms with Gasteiger partial charge in [0.25, 0.3) is 0 Å². The predicted molar refractivity (Wildman–Crippen MR) is 158 cm³/mol. The molecule has 7 N–H and O–H groups in total. The van der Waals surface area contributed by atoms with Gasteiger partial charge in [-0.1, -0.05) is 53.7 Å². The summed E-state index contributed by atoms with van der Waals surface area (Å²) in [5.41, 5.74) is 0.571. The Balaban J connectivity index is 3.07. The fraction of sp³-hybridized carbons (Fsp3) is 0.600. The van der Waals surface area contributed by atoms with E-state index in [9.17, 15) is 39.0 Å². The van der Waals surface area contributed by atoms with Crippen molar-refractivity contribution in [3.63, 3.8) is 0 Å². The van der Waals surface area contributed by atoms with Crippen LogP contribution in [0.15, 0.2) is 24.3 Å². The Hall–Kier alpha value is -4.16. The molecule has 0 aromatic heterocycles. The van der Waals surface area contributed by atoms with Gasteiger partial charge in [0.15, 0.2) is 0 Å². The molecule has 1 aromatic rings. The molecule has 4 amide bonds. The molecule has 240 valence electrons. The van der Waals surface area contributed by atoms with Gasteiger partial charge in [0.2, 0.25) is 23.6 Å². The van der Waals surface area contributed by atoms with Crippen LogP contribution < -0.4 is 21.3 Å². The number of benzene rings is 1. The highest BCUT2D eigenvalue weighted by Gasteiger charge is 2.33. The smallest absolute Gasteiger partial charge is 0.326 e. The van der Waals surface area contributed by atoms with Gasteiger partial charge in [0.1, 0.15) is 29.9 Å². The van der Waals surface area contributed by atoms with Crippen LogP contribution >= 0.6 is 0 Å². The molecule has 13 nitrogen and oxygen atoms in total. The molecule has 0 aliphatic carbocycles. The number of amides is 4. The normalized spacial score (nSPS) is 14.0. The summed E-state index contributed by atoms with van der Waals surface area (Å²) >= 11 is 0. The van der Waals surface area contributed by atoms with Crippen molar-refractivity contribution in [2.45, 2.75) is 97.8 Å². The van der Waals surface area contributed by atoms with Crippen molar-refractivity contribution in [1.82, 2.24) is 21.3 Å². The second kappa shape index (κ2) is 17.7. The molecule has 0 bridgehead atoms. The van der Waals surface area contributed by atoms with Crippen LogP contribution in [0.4, 0.5) is 0 Å². The number of nitrogens with one attached hydrogen (secondary N) is 4. The number of phenolic OH excluding ortho intramolecular Hbond substituents is 1. The van der Waals surface area contributed by atoms with Crippen molar-refractivity contribution in [2.75, 3.05) is 0 Å². The lowest BCUT2D eigenvalue weighted by molar-refractivity contribution is -0.142. The molecule has 0 aliphatic rings. The third-order valence-corrected chi connectivity index (χ3v) is 6.50. The molecule has 0 saturated carbocycles. The van der Waals surface area contributed by atoms with Gasteiger partial charge in [0.05, 0.1) is 6.42 Å². The van der Waals surface area contributed by atoms with Gasteiger partial charge in [0, 0.05) is 12.8 Å². The summed E-state index contributed by atoms with van der Waals surface area (Å²) in [7, 11) is 0. The standard InChI is InChI=1S/C30H46N4O9/c1-16(2)13-21(31-24(36)11-12-25(37)38)27(39)32-22(14-17(3)4)28(40)34-26(18(5)6)29(41)33-23(30(42)43)15-19-7-9-20(35)10-8-19/h7-10,16-18,21-23,26,35H,11-15H2,1-6H3,(H,31,36)(H,32,39)(H,33,41)(H,34,40)(H,37,38)(H,42,43)/t21-,22-,23-,26-/m0/s1. The predicted octanol–water partition coefficient (Wildman–Crippen LogP) is 1.57. The molecule has 0 fully saturated rings. The second-order valence-corrected chi connectivity index (χ2v) is 11.8. The van der Waals surface area contributed by atoms with Crippen LogP contribution in [0.1, 0.15) is 72.8 Å². The molecule has 0 spiro atoms. The zero-order valence-corrected chi connectivity index (χ0v) is 25.7. The highest BCUT2D eigenvalue weighted by molar-refractivity contribution is 5.95. The van der Waals surface area contributed by atoms with Crippen LogP contribution in [0.2, 0.25) is 0 Å². The summed E-state index contributed by atoms with van der Waals surface area (Å²) in [6, 6.07) is 1.39. The minimum absolute atomic E-state index is 0.00864. The van der Waals surface area contributed by atoms with Crippen molar-refractivity contribution in [1.29, 1.82) is 0 Å². The molecule has 1 aromatic carbocycles. The maximum Gasteiger partial charge on any atom is 0.326 e. The monoisotopic (exact) mass is 606 g/mol. The average Bonchev–Trinajstić information content (AvgIpc) is 2.89. The number of aliphatic carboxylic acids is 2. The molecule has 0 saturated heterocycles. The number of carboxylic acids is 2. The maximum absolute atomic E-state index is 13.4. The zero-order chi connectivity index (χ0) is 32.9. The molecular weight excluding hydrogens is 560 g/mol.